The fourth-order valence-electron chi connectivity index (χ4n) is 4.94. The molecule has 1 fully saturated rings. The van der Waals surface area contributed by atoms with Crippen LogP contribution < -0.4 is 5.56 Å². The lowest BCUT2D eigenvalue weighted by molar-refractivity contribution is 0.434. The van der Waals surface area contributed by atoms with Crippen LogP contribution in [0.25, 0.3) is 22.2 Å². The zero-order valence-electron chi connectivity index (χ0n) is 15.9. The minimum atomic E-state index is -0.146. The van der Waals surface area contributed by atoms with Gasteiger partial charge in [0.1, 0.15) is 5.52 Å². The third-order valence-electron chi connectivity index (χ3n) is 6.13. The second-order valence-electron chi connectivity index (χ2n) is 8.24. The first kappa shape index (κ1) is 16.7. The Bertz CT molecular complexity index is 1120. The predicted octanol–water partition coefficient (Wildman–Crippen LogP) is 4.65. The van der Waals surface area contributed by atoms with Gasteiger partial charge in [0.25, 0.3) is 5.56 Å². The largest absolute Gasteiger partial charge is 0.430 e. The molecule has 5 nitrogen and oxygen atoms in total. The second-order valence-corrected chi connectivity index (χ2v) is 8.24. The lowest BCUT2D eigenvalue weighted by atomic mass is 9.84. The molecule has 0 amide bonds. The molecule has 0 saturated heterocycles. The van der Waals surface area contributed by atoms with Crippen LogP contribution in [0.3, 0.4) is 0 Å². The van der Waals surface area contributed by atoms with E-state index in [1.807, 2.05) is 6.92 Å². The monoisotopic (exact) mass is 363 g/mol. The van der Waals surface area contributed by atoms with Crippen molar-refractivity contribution in [3.8, 4) is 0 Å². The molecule has 0 N–H and O–H groups in total. The quantitative estimate of drug-likeness (QED) is 0.636. The van der Waals surface area contributed by atoms with Crippen LogP contribution in [0.4, 0.5) is 0 Å². The SMILES string of the molecule is C=C(C)Cn1cnc2c(oc3nc(C4CCCCC4)c4c(c32)CCC4)c1=O. The van der Waals surface area contributed by atoms with Crippen molar-refractivity contribution >= 4 is 22.2 Å². The van der Waals surface area contributed by atoms with Gasteiger partial charge in [-0.2, -0.15) is 0 Å². The van der Waals surface area contributed by atoms with Crippen molar-refractivity contribution in [2.24, 2.45) is 0 Å². The van der Waals surface area contributed by atoms with Crippen LogP contribution >= 0.6 is 0 Å². The first-order chi connectivity index (χ1) is 13.1. The Morgan fingerprint density at radius 1 is 1.22 bits per heavy atom. The molecule has 2 aliphatic rings. The Morgan fingerprint density at radius 3 is 2.78 bits per heavy atom. The van der Waals surface area contributed by atoms with Crippen LogP contribution in [0.15, 0.2) is 27.7 Å². The van der Waals surface area contributed by atoms with Gasteiger partial charge in [0.05, 0.1) is 17.4 Å². The Balaban J connectivity index is 1.75. The summed E-state index contributed by atoms with van der Waals surface area (Å²) in [5.41, 5.74) is 6.33. The van der Waals surface area contributed by atoms with Gasteiger partial charge in [-0.25, -0.2) is 9.97 Å². The normalized spacial score (nSPS) is 17.7. The highest BCUT2D eigenvalue weighted by Gasteiger charge is 2.29. The number of pyridine rings is 1. The van der Waals surface area contributed by atoms with E-state index in [0.717, 1.165) is 30.2 Å². The topological polar surface area (TPSA) is 60.9 Å². The summed E-state index contributed by atoms with van der Waals surface area (Å²) in [6.45, 7) is 6.25. The van der Waals surface area contributed by atoms with E-state index in [2.05, 4.69) is 11.6 Å². The molecule has 27 heavy (non-hydrogen) atoms. The van der Waals surface area contributed by atoms with Crippen LogP contribution in [-0.4, -0.2) is 14.5 Å². The van der Waals surface area contributed by atoms with Crippen molar-refractivity contribution in [3.63, 3.8) is 0 Å². The first-order valence-electron chi connectivity index (χ1n) is 10.1. The Hall–Kier alpha value is -2.43. The maximum atomic E-state index is 12.9. The van der Waals surface area contributed by atoms with Crippen molar-refractivity contribution in [3.05, 3.63) is 45.7 Å². The fourth-order valence-corrected chi connectivity index (χ4v) is 4.94. The van der Waals surface area contributed by atoms with E-state index < -0.39 is 0 Å². The third-order valence-corrected chi connectivity index (χ3v) is 6.13. The highest BCUT2D eigenvalue weighted by Crippen LogP contribution is 2.41. The van der Waals surface area contributed by atoms with Crippen LogP contribution in [0.2, 0.25) is 0 Å². The van der Waals surface area contributed by atoms with Gasteiger partial charge >= 0.3 is 0 Å². The van der Waals surface area contributed by atoms with Crippen LogP contribution in [0.1, 0.15) is 68.2 Å². The van der Waals surface area contributed by atoms with Crippen LogP contribution in [0.5, 0.6) is 0 Å². The van der Waals surface area contributed by atoms with Gasteiger partial charge in [-0.3, -0.25) is 9.36 Å². The van der Waals surface area contributed by atoms with Crippen molar-refractivity contribution in [2.75, 3.05) is 0 Å². The standard InChI is InChI=1S/C22H25N3O2/c1-13(2)11-25-12-23-19-17-15-9-6-10-16(15)18(14-7-4-3-5-8-14)24-21(17)27-20(19)22(25)26/h12,14H,1,3-11H2,2H3. The highest BCUT2D eigenvalue weighted by molar-refractivity contribution is 6.03. The second kappa shape index (κ2) is 6.32. The van der Waals surface area contributed by atoms with Gasteiger partial charge in [-0.05, 0) is 50.2 Å². The lowest BCUT2D eigenvalue weighted by Gasteiger charge is -2.23. The number of fused-ring (bicyclic) bond motifs is 5. The highest BCUT2D eigenvalue weighted by atomic mass is 16.3. The van der Waals surface area contributed by atoms with Gasteiger partial charge in [0.2, 0.25) is 11.3 Å². The number of aromatic nitrogens is 3. The summed E-state index contributed by atoms with van der Waals surface area (Å²) in [7, 11) is 0. The molecule has 2 aliphatic carbocycles. The van der Waals surface area contributed by atoms with E-state index in [0.29, 0.717) is 29.3 Å². The molecule has 0 radical (unpaired) electrons. The molecular weight excluding hydrogens is 338 g/mol. The van der Waals surface area contributed by atoms with E-state index in [1.165, 1.54) is 48.9 Å². The van der Waals surface area contributed by atoms with Crippen molar-refractivity contribution < 1.29 is 4.42 Å². The molecule has 5 heteroatoms. The Kier molecular flexibility index (Phi) is 3.92. The van der Waals surface area contributed by atoms with Gasteiger partial charge in [0.15, 0.2) is 0 Å². The number of aryl methyl sites for hydroxylation is 1. The summed E-state index contributed by atoms with van der Waals surface area (Å²) in [5, 5.41) is 0.969. The number of hydrogen-bond acceptors (Lipinski definition) is 4. The number of hydrogen-bond donors (Lipinski definition) is 0. The van der Waals surface area contributed by atoms with E-state index >= 15 is 0 Å². The molecule has 0 atom stereocenters. The minimum absolute atomic E-state index is 0.146. The average Bonchev–Trinajstić information content (AvgIpc) is 3.28. The Labute approximate surface area is 158 Å². The number of furan rings is 1. The molecule has 0 aromatic carbocycles. The molecule has 3 aromatic rings. The Morgan fingerprint density at radius 2 is 2.00 bits per heavy atom. The van der Waals surface area contributed by atoms with Crippen molar-refractivity contribution in [2.45, 2.75) is 70.8 Å². The molecule has 0 bridgehead atoms. The molecule has 0 spiro atoms. The predicted molar refractivity (Wildman–Crippen MR) is 106 cm³/mol. The van der Waals surface area contributed by atoms with Crippen LogP contribution in [0, 0.1) is 0 Å². The zero-order valence-corrected chi connectivity index (χ0v) is 15.9. The van der Waals surface area contributed by atoms with Gasteiger partial charge in [-0.15, -0.1) is 0 Å². The summed E-state index contributed by atoms with van der Waals surface area (Å²) in [4.78, 5) is 22.4. The third kappa shape index (κ3) is 2.63. The number of nitrogens with zero attached hydrogens (tertiary/aromatic N) is 3. The van der Waals surface area contributed by atoms with Gasteiger partial charge in [0, 0.05) is 12.5 Å². The molecular formula is C22H25N3O2. The number of allylic oxidation sites excluding steroid dienone is 1. The lowest BCUT2D eigenvalue weighted by Crippen LogP contribution is -2.20. The molecule has 3 heterocycles. The number of rotatable bonds is 3. The minimum Gasteiger partial charge on any atom is -0.430 e. The maximum absolute atomic E-state index is 12.9. The maximum Gasteiger partial charge on any atom is 0.297 e. The molecule has 0 unspecified atom stereocenters. The summed E-state index contributed by atoms with van der Waals surface area (Å²) >= 11 is 0. The summed E-state index contributed by atoms with van der Waals surface area (Å²) in [5.74, 6) is 0.538. The zero-order chi connectivity index (χ0) is 18.5. The van der Waals surface area contributed by atoms with Gasteiger partial charge < -0.3 is 4.42 Å². The summed E-state index contributed by atoms with van der Waals surface area (Å²) in [6, 6.07) is 0. The molecule has 1 saturated carbocycles. The van der Waals surface area contributed by atoms with E-state index in [1.54, 1.807) is 10.9 Å². The average molecular weight is 363 g/mol. The van der Waals surface area contributed by atoms with E-state index in [-0.39, 0.29) is 5.56 Å². The first-order valence-corrected chi connectivity index (χ1v) is 10.1. The summed E-state index contributed by atoms with van der Waals surface area (Å²) < 4.78 is 7.59. The molecule has 3 aromatic heterocycles. The van der Waals surface area contributed by atoms with Gasteiger partial charge in [-0.1, -0.05) is 31.4 Å². The summed E-state index contributed by atoms with van der Waals surface area (Å²) in [6.07, 6.45) is 11.2. The smallest absolute Gasteiger partial charge is 0.297 e. The van der Waals surface area contributed by atoms with E-state index in [4.69, 9.17) is 9.40 Å². The molecule has 5 rings (SSSR count). The van der Waals surface area contributed by atoms with Crippen molar-refractivity contribution in [1.29, 1.82) is 0 Å². The molecule has 140 valence electrons. The molecule has 0 aliphatic heterocycles. The van der Waals surface area contributed by atoms with Crippen LogP contribution in [-0.2, 0) is 19.4 Å². The van der Waals surface area contributed by atoms with E-state index in [9.17, 15) is 4.79 Å². The van der Waals surface area contributed by atoms with Crippen molar-refractivity contribution in [1.82, 2.24) is 14.5 Å². The fraction of sp³-hybridized carbons (Fsp3) is 0.500.